The van der Waals surface area contributed by atoms with Gasteiger partial charge in [-0.2, -0.15) is 26.3 Å². The molecule has 0 aliphatic heterocycles. The van der Waals surface area contributed by atoms with Crippen LogP contribution < -0.4 is 0 Å². The van der Waals surface area contributed by atoms with Crippen LogP contribution in [-0.4, -0.2) is 36.5 Å². The molecule has 3 unspecified atom stereocenters. The Balaban J connectivity index is 1.44. The number of ether oxygens (including phenoxy) is 2. The fourth-order valence-corrected chi connectivity index (χ4v) is 8.67. The molecule has 0 bridgehead atoms. The summed E-state index contributed by atoms with van der Waals surface area (Å²) in [6, 6.07) is 0. The van der Waals surface area contributed by atoms with Crippen molar-refractivity contribution in [3.8, 4) is 0 Å². The number of hydrogen-bond acceptors (Lipinski definition) is 4. The molecule has 4 rings (SSSR count). The first-order chi connectivity index (χ1) is 16.1. The fourth-order valence-electron chi connectivity index (χ4n) is 8.67. The molecule has 200 valence electrons. The lowest BCUT2D eigenvalue weighted by Gasteiger charge is -2.61. The van der Waals surface area contributed by atoms with Crippen molar-refractivity contribution < 1.29 is 45.4 Å². The number of alkyl halides is 6. The Morgan fingerprint density at radius 1 is 0.800 bits per heavy atom. The minimum Gasteiger partial charge on any atom is -0.456 e. The molecule has 10 heteroatoms. The van der Waals surface area contributed by atoms with Gasteiger partial charge in [0.1, 0.15) is 12.2 Å². The minimum atomic E-state index is -5.01. The Kier molecular flexibility index (Phi) is 6.70. The average molecular weight is 513 g/mol. The highest BCUT2D eigenvalue weighted by molar-refractivity contribution is 5.76. The number of carbonyl (C=O) groups is 2. The predicted molar refractivity (Wildman–Crippen MR) is 113 cm³/mol. The predicted octanol–water partition coefficient (Wildman–Crippen LogP) is 6.61. The van der Waals surface area contributed by atoms with Gasteiger partial charge in [-0.3, -0.25) is 0 Å². The molecule has 35 heavy (non-hydrogen) atoms. The van der Waals surface area contributed by atoms with E-state index in [1.165, 1.54) is 0 Å². The van der Waals surface area contributed by atoms with Gasteiger partial charge >= 0.3 is 24.3 Å². The van der Waals surface area contributed by atoms with E-state index in [-0.39, 0.29) is 22.7 Å². The third-order valence-electron chi connectivity index (χ3n) is 10.3. The molecule has 0 amide bonds. The van der Waals surface area contributed by atoms with Crippen LogP contribution in [0.4, 0.5) is 26.3 Å². The molecular weight excluding hydrogens is 478 g/mol. The highest BCUT2D eigenvalue weighted by Crippen LogP contribution is 2.68. The van der Waals surface area contributed by atoms with E-state index in [9.17, 15) is 35.9 Å². The van der Waals surface area contributed by atoms with Crippen LogP contribution in [0.1, 0.15) is 78.6 Å². The monoisotopic (exact) mass is 512 g/mol. The van der Waals surface area contributed by atoms with Gasteiger partial charge in [0.25, 0.3) is 0 Å². The number of carbonyl (C=O) groups excluding carboxylic acids is 2. The Morgan fingerprint density at radius 3 is 2.03 bits per heavy atom. The van der Waals surface area contributed by atoms with Crippen LogP contribution in [0, 0.1) is 40.4 Å². The quantitative estimate of drug-likeness (QED) is 0.315. The maximum atomic E-state index is 12.7. The lowest BCUT2D eigenvalue weighted by atomic mass is 9.44. The van der Waals surface area contributed by atoms with Gasteiger partial charge in [-0.15, -0.1) is 0 Å². The number of rotatable bonds is 3. The van der Waals surface area contributed by atoms with Gasteiger partial charge in [-0.25, -0.2) is 9.59 Å². The van der Waals surface area contributed by atoms with Crippen LogP contribution in [0.15, 0.2) is 0 Å². The largest absolute Gasteiger partial charge is 0.490 e. The van der Waals surface area contributed by atoms with Crippen LogP contribution in [0.2, 0.25) is 0 Å². The number of hydrogen-bond donors (Lipinski definition) is 0. The molecule has 4 nitrogen and oxygen atoms in total. The molecule has 9 atom stereocenters. The molecule has 4 aliphatic rings. The van der Waals surface area contributed by atoms with E-state index in [0.717, 1.165) is 32.1 Å². The molecule has 0 aromatic heterocycles. The summed E-state index contributed by atoms with van der Waals surface area (Å²) in [7, 11) is 0. The zero-order chi connectivity index (χ0) is 26.0. The first-order valence-corrected chi connectivity index (χ1v) is 12.6. The highest BCUT2D eigenvalue weighted by Gasteiger charge is 2.61. The first-order valence-electron chi connectivity index (χ1n) is 12.6. The lowest BCUT2D eigenvalue weighted by molar-refractivity contribution is -0.212. The Bertz CT molecular complexity index is 841. The van der Waals surface area contributed by atoms with Crippen molar-refractivity contribution in [2.75, 3.05) is 0 Å². The molecule has 4 saturated carbocycles. The van der Waals surface area contributed by atoms with Gasteiger partial charge in [0.2, 0.25) is 0 Å². The zero-order valence-corrected chi connectivity index (χ0v) is 20.3. The summed E-state index contributed by atoms with van der Waals surface area (Å²) in [5.74, 6) is -3.13. The second kappa shape index (κ2) is 8.82. The van der Waals surface area contributed by atoms with Crippen LogP contribution in [0.5, 0.6) is 0 Å². The van der Waals surface area contributed by atoms with E-state index in [1.807, 2.05) is 0 Å². The third kappa shape index (κ3) is 4.67. The molecule has 4 fully saturated rings. The molecule has 0 saturated heterocycles. The van der Waals surface area contributed by atoms with Crippen LogP contribution in [-0.2, 0) is 19.1 Å². The van der Waals surface area contributed by atoms with Crippen molar-refractivity contribution in [3.05, 3.63) is 0 Å². The van der Waals surface area contributed by atoms with Gasteiger partial charge in [0, 0.05) is 5.92 Å². The fraction of sp³-hybridized carbons (Fsp3) is 0.920. The molecule has 4 aliphatic carbocycles. The summed E-state index contributed by atoms with van der Waals surface area (Å²) in [4.78, 5) is 22.8. The SMILES string of the molecule is C[C@H](OC(=O)C(F)(F)F)[C@H]1CCC2C3CC[C@H]4C[C@H](OC(=O)C(F)(F)F)CC[C@]4(C)C3CC[C@@]21C. The van der Waals surface area contributed by atoms with Crippen molar-refractivity contribution in [1.82, 2.24) is 0 Å². The van der Waals surface area contributed by atoms with Crippen LogP contribution in [0.25, 0.3) is 0 Å². The number of esters is 2. The molecule has 0 radical (unpaired) electrons. The molecule has 0 aromatic carbocycles. The van der Waals surface area contributed by atoms with Gasteiger partial charge in [0.05, 0.1) is 0 Å². The highest BCUT2D eigenvalue weighted by atomic mass is 19.4. The van der Waals surface area contributed by atoms with E-state index in [1.54, 1.807) is 6.92 Å². The van der Waals surface area contributed by atoms with Crippen molar-refractivity contribution in [3.63, 3.8) is 0 Å². The molecular formula is C25H34F6O4. The second-order valence-corrected chi connectivity index (χ2v) is 11.8. The minimum absolute atomic E-state index is 0.0577. The summed E-state index contributed by atoms with van der Waals surface area (Å²) in [5.41, 5.74) is -0.271. The Morgan fingerprint density at radius 2 is 1.40 bits per heavy atom. The lowest BCUT2D eigenvalue weighted by Crippen LogP contribution is -2.55. The Labute approximate surface area is 201 Å². The standard InChI is InChI=1S/C25H34F6O4/c1-13(34-20(32)24(26,27)28)17-6-7-18-16-5-4-14-12-15(35-21(33)25(29,30)31)8-10-22(14,2)19(16)9-11-23(17,18)3/h13-19H,4-12H2,1-3H3/t13-,14-,15+,16?,17+,18?,19?,22-,23+/m0/s1. The van der Waals surface area contributed by atoms with E-state index < -0.39 is 36.5 Å². The van der Waals surface area contributed by atoms with Gasteiger partial charge in [-0.05, 0) is 99.2 Å². The summed E-state index contributed by atoms with van der Waals surface area (Å²) >= 11 is 0. The van der Waals surface area contributed by atoms with E-state index in [2.05, 4.69) is 13.8 Å². The van der Waals surface area contributed by atoms with Crippen LogP contribution in [0.3, 0.4) is 0 Å². The molecule has 0 heterocycles. The maximum absolute atomic E-state index is 12.7. The molecule has 0 N–H and O–H groups in total. The second-order valence-electron chi connectivity index (χ2n) is 11.8. The van der Waals surface area contributed by atoms with Crippen molar-refractivity contribution in [1.29, 1.82) is 0 Å². The topological polar surface area (TPSA) is 52.6 Å². The van der Waals surface area contributed by atoms with E-state index in [0.29, 0.717) is 43.4 Å². The van der Waals surface area contributed by atoms with Crippen molar-refractivity contribution in [2.45, 2.75) is 103 Å². The Hall–Kier alpha value is -1.48. The first kappa shape index (κ1) is 26.6. The van der Waals surface area contributed by atoms with Crippen molar-refractivity contribution in [2.24, 2.45) is 40.4 Å². The van der Waals surface area contributed by atoms with Gasteiger partial charge < -0.3 is 9.47 Å². The smallest absolute Gasteiger partial charge is 0.456 e. The summed E-state index contributed by atoms with van der Waals surface area (Å²) < 4.78 is 85.8. The maximum Gasteiger partial charge on any atom is 0.490 e. The van der Waals surface area contributed by atoms with E-state index >= 15 is 0 Å². The normalized spacial score (nSPS) is 42.3. The van der Waals surface area contributed by atoms with Gasteiger partial charge in [-0.1, -0.05) is 13.8 Å². The summed E-state index contributed by atoms with van der Waals surface area (Å²) in [6.45, 7) is 5.92. The third-order valence-corrected chi connectivity index (χ3v) is 10.3. The molecule has 0 spiro atoms. The van der Waals surface area contributed by atoms with Gasteiger partial charge in [0.15, 0.2) is 0 Å². The van der Waals surface area contributed by atoms with Crippen LogP contribution >= 0.6 is 0 Å². The summed E-state index contributed by atoms with van der Waals surface area (Å²) in [5, 5.41) is 0. The summed E-state index contributed by atoms with van der Waals surface area (Å²) in [6.07, 6.45) is -4.92. The number of halogens is 6. The van der Waals surface area contributed by atoms with E-state index in [4.69, 9.17) is 9.47 Å². The van der Waals surface area contributed by atoms with Crippen molar-refractivity contribution >= 4 is 11.9 Å². The average Bonchev–Trinajstić information content (AvgIpc) is 3.10. The molecule has 0 aromatic rings. The zero-order valence-electron chi connectivity index (χ0n) is 20.3. The number of fused-ring (bicyclic) bond motifs is 5.